The second-order valence-electron chi connectivity index (χ2n) is 9.21. The molecule has 3 aromatic carbocycles. The third-order valence-electron chi connectivity index (χ3n) is 6.25. The van der Waals surface area contributed by atoms with Crippen LogP contribution in [0.1, 0.15) is 35.6 Å². The number of benzene rings is 3. The molecule has 7 nitrogen and oxygen atoms in total. The quantitative estimate of drug-likeness (QED) is 0.430. The molecule has 1 N–H and O–H groups in total. The Morgan fingerprint density at radius 3 is 2.05 bits per heavy atom. The molecule has 0 aliphatic rings. The Labute approximate surface area is 220 Å². The number of hydrogen-bond acceptors (Lipinski definition) is 4. The molecule has 0 aromatic heterocycles. The fourth-order valence-corrected chi connectivity index (χ4v) is 5.65. The standard InChI is InChI=1S/C29H35N3O4S/c1-6-27(29(34)30-5)31(19-24-11-7-9-22(3)17-24)28(33)20-32(25-12-8-10-23(4)18-25)37(35,36)26-15-13-21(2)14-16-26/h7-18,27H,6,19-20H2,1-5H3,(H,30,34)/t27-/m0/s1. The van der Waals surface area contributed by atoms with Crippen molar-refractivity contribution in [3.8, 4) is 0 Å². The van der Waals surface area contributed by atoms with Gasteiger partial charge < -0.3 is 10.2 Å². The first-order chi connectivity index (χ1) is 17.6. The maximum absolute atomic E-state index is 13.9. The smallest absolute Gasteiger partial charge is 0.264 e. The van der Waals surface area contributed by atoms with Gasteiger partial charge in [-0.25, -0.2) is 8.42 Å². The number of likely N-dealkylation sites (N-methyl/N-ethyl adjacent to an activating group) is 1. The van der Waals surface area contributed by atoms with Gasteiger partial charge in [0.1, 0.15) is 12.6 Å². The highest BCUT2D eigenvalue weighted by atomic mass is 32.2. The van der Waals surface area contributed by atoms with Gasteiger partial charge in [0.05, 0.1) is 10.6 Å². The van der Waals surface area contributed by atoms with E-state index in [2.05, 4.69) is 5.32 Å². The lowest BCUT2D eigenvalue weighted by Crippen LogP contribution is -2.51. The van der Waals surface area contributed by atoms with Crippen LogP contribution < -0.4 is 9.62 Å². The third-order valence-corrected chi connectivity index (χ3v) is 8.03. The van der Waals surface area contributed by atoms with Crippen molar-refractivity contribution in [2.45, 2.75) is 51.6 Å². The molecule has 0 heterocycles. The predicted octanol–water partition coefficient (Wildman–Crippen LogP) is 4.36. The average molecular weight is 522 g/mol. The van der Waals surface area contributed by atoms with Gasteiger partial charge in [-0.1, -0.05) is 66.6 Å². The van der Waals surface area contributed by atoms with Gasteiger partial charge in [-0.2, -0.15) is 0 Å². The third kappa shape index (κ3) is 6.77. The summed E-state index contributed by atoms with van der Waals surface area (Å²) in [6.07, 6.45) is 0.381. The van der Waals surface area contributed by atoms with E-state index < -0.39 is 28.5 Å². The molecule has 0 spiro atoms. The van der Waals surface area contributed by atoms with E-state index in [4.69, 9.17) is 0 Å². The molecule has 0 saturated heterocycles. The zero-order valence-electron chi connectivity index (χ0n) is 22.1. The van der Waals surface area contributed by atoms with Gasteiger partial charge in [-0.3, -0.25) is 13.9 Å². The van der Waals surface area contributed by atoms with Crippen LogP contribution in [0.2, 0.25) is 0 Å². The lowest BCUT2D eigenvalue weighted by molar-refractivity contribution is -0.140. The average Bonchev–Trinajstić information content (AvgIpc) is 2.87. The topological polar surface area (TPSA) is 86.8 Å². The van der Waals surface area contributed by atoms with Gasteiger partial charge >= 0.3 is 0 Å². The van der Waals surface area contributed by atoms with Crippen molar-refractivity contribution < 1.29 is 18.0 Å². The van der Waals surface area contributed by atoms with Crippen molar-refractivity contribution in [2.75, 3.05) is 17.9 Å². The summed E-state index contributed by atoms with van der Waals surface area (Å²) in [5.74, 6) is -0.763. The summed E-state index contributed by atoms with van der Waals surface area (Å²) in [7, 11) is -2.54. The Hall–Kier alpha value is -3.65. The maximum Gasteiger partial charge on any atom is 0.264 e. The molecule has 0 unspecified atom stereocenters. The number of carbonyl (C=O) groups is 2. The minimum atomic E-state index is -4.07. The van der Waals surface area contributed by atoms with Gasteiger partial charge in [-0.05, 0) is 62.6 Å². The van der Waals surface area contributed by atoms with E-state index >= 15 is 0 Å². The van der Waals surface area contributed by atoms with E-state index in [0.29, 0.717) is 12.1 Å². The summed E-state index contributed by atoms with van der Waals surface area (Å²) in [6, 6.07) is 20.5. The summed E-state index contributed by atoms with van der Waals surface area (Å²) in [4.78, 5) is 28.2. The summed E-state index contributed by atoms with van der Waals surface area (Å²) in [5.41, 5.74) is 4.07. The van der Waals surface area contributed by atoms with Crippen LogP contribution in [0.5, 0.6) is 0 Å². The molecule has 3 rings (SSSR count). The zero-order chi connectivity index (χ0) is 27.2. The molecule has 196 valence electrons. The molecule has 37 heavy (non-hydrogen) atoms. The SMILES string of the molecule is CC[C@@H](C(=O)NC)N(Cc1cccc(C)c1)C(=O)CN(c1cccc(C)c1)S(=O)(=O)c1ccc(C)cc1. The summed E-state index contributed by atoms with van der Waals surface area (Å²) < 4.78 is 28.8. The highest BCUT2D eigenvalue weighted by Crippen LogP contribution is 2.26. The Morgan fingerprint density at radius 1 is 0.865 bits per heavy atom. The van der Waals surface area contributed by atoms with Crippen molar-refractivity contribution in [3.63, 3.8) is 0 Å². The van der Waals surface area contributed by atoms with Crippen molar-refractivity contribution >= 4 is 27.5 Å². The van der Waals surface area contributed by atoms with Crippen LogP contribution in [0.3, 0.4) is 0 Å². The van der Waals surface area contributed by atoms with Crippen LogP contribution in [0.4, 0.5) is 5.69 Å². The van der Waals surface area contributed by atoms with Crippen LogP contribution in [-0.4, -0.2) is 44.8 Å². The Balaban J connectivity index is 2.06. The summed E-state index contributed by atoms with van der Waals surface area (Å²) in [5, 5.41) is 2.64. The molecule has 0 saturated carbocycles. The molecule has 0 fully saturated rings. The van der Waals surface area contributed by atoms with Gasteiger partial charge in [-0.15, -0.1) is 0 Å². The number of anilines is 1. The molecular weight excluding hydrogens is 486 g/mol. The van der Waals surface area contributed by atoms with Gasteiger partial charge in [0, 0.05) is 13.6 Å². The Bertz CT molecular complexity index is 1350. The van der Waals surface area contributed by atoms with Gasteiger partial charge in [0.25, 0.3) is 10.0 Å². The number of nitrogens with one attached hydrogen (secondary N) is 1. The molecule has 0 aliphatic heterocycles. The zero-order valence-corrected chi connectivity index (χ0v) is 22.9. The molecule has 0 aliphatic carbocycles. The van der Waals surface area contributed by atoms with Crippen molar-refractivity contribution in [1.29, 1.82) is 0 Å². The summed E-state index contributed by atoms with van der Waals surface area (Å²) in [6.45, 7) is 7.27. The van der Waals surface area contributed by atoms with Crippen LogP contribution in [0.25, 0.3) is 0 Å². The fraction of sp³-hybridized carbons (Fsp3) is 0.310. The highest BCUT2D eigenvalue weighted by Gasteiger charge is 2.33. The Morgan fingerprint density at radius 2 is 1.49 bits per heavy atom. The van der Waals surface area contributed by atoms with Crippen molar-refractivity contribution in [1.82, 2.24) is 10.2 Å². The van der Waals surface area contributed by atoms with E-state index in [1.807, 2.05) is 58.0 Å². The van der Waals surface area contributed by atoms with Crippen LogP contribution >= 0.6 is 0 Å². The fourth-order valence-electron chi connectivity index (χ4n) is 4.24. The number of sulfonamides is 1. The number of aryl methyl sites for hydroxylation is 3. The van der Waals surface area contributed by atoms with Crippen LogP contribution in [0.15, 0.2) is 77.7 Å². The number of nitrogens with zero attached hydrogens (tertiary/aromatic N) is 2. The van der Waals surface area contributed by atoms with E-state index in [9.17, 15) is 18.0 Å². The van der Waals surface area contributed by atoms with Crippen molar-refractivity contribution in [3.05, 3.63) is 95.1 Å². The molecular formula is C29H35N3O4S. The first kappa shape index (κ1) is 27.9. The second-order valence-corrected chi connectivity index (χ2v) is 11.1. The van der Waals surface area contributed by atoms with E-state index in [1.54, 1.807) is 42.5 Å². The normalized spacial score (nSPS) is 12.0. The maximum atomic E-state index is 13.9. The molecule has 1 atom stereocenters. The molecule has 8 heteroatoms. The molecule has 3 aromatic rings. The monoisotopic (exact) mass is 521 g/mol. The Kier molecular flexibility index (Phi) is 9.10. The van der Waals surface area contributed by atoms with Crippen LogP contribution in [-0.2, 0) is 26.2 Å². The van der Waals surface area contributed by atoms with Gasteiger partial charge in [0.2, 0.25) is 11.8 Å². The van der Waals surface area contributed by atoms with E-state index in [-0.39, 0.29) is 17.3 Å². The van der Waals surface area contributed by atoms with E-state index in [0.717, 1.165) is 26.6 Å². The minimum Gasteiger partial charge on any atom is -0.357 e. The molecule has 2 amide bonds. The second kappa shape index (κ2) is 12.1. The number of hydrogen-bond donors (Lipinski definition) is 1. The summed E-state index contributed by atoms with van der Waals surface area (Å²) >= 11 is 0. The number of rotatable bonds is 10. The first-order valence-corrected chi connectivity index (χ1v) is 13.7. The van der Waals surface area contributed by atoms with Crippen LogP contribution in [0, 0.1) is 20.8 Å². The minimum absolute atomic E-state index is 0.0935. The number of amides is 2. The first-order valence-electron chi connectivity index (χ1n) is 12.3. The largest absolute Gasteiger partial charge is 0.357 e. The van der Waals surface area contributed by atoms with E-state index in [1.165, 1.54) is 11.9 Å². The molecule has 0 bridgehead atoms. The lowest BCUT2D eigenvalue weighted by atomic mass is 10.1. The predicted molar refractivity (Wildman–Crippen MR) is 147 cm³/mol. The van der Waals surface area contributed by atoms with Crippen molar-refractivity contribution in [2.24, 2.45) is 0 Å². The highest BCUT2D eigenvalue weighted by molar-refractivity contribution is 7.92. The number of carbonyl (C=O) groups excluding carboxylic acids is 2. The van der Waals surface area contributed by atoms with Gasteiger partial charge in [0.15, 0.2) is 0 Å². The lowest BCUT2D eigenvalue weighted by Gasteiger charge is -2.33. The molecule has 0 radical (unpaired) electrons.